The smallest absolute Gasteiger partial charge is 0.260 e. The van der Waals surface area contributed by atoms with E-state index in [9.17, 15) is 8.78 Å². The van der Waals surface area contributed by atoms with Crippen molar-refractivity contribution in [2.75, 3.05) is 26.2 Å². The van der Waals surface area contributed by atoms with E-state index in [0.717, 1.165) is 13.0 Å². The summed E-state index contributed by atoms with van der Waals surface area (Å²) in [6.45, 7) is 2.02. The lowest BCUT2D eigenvalue weighted by Gasteiger charge is -2.32. The van der Waals surface area contributed by atoms with E-state index in [1.54, 1.807) is 4.90 Å². The minimum Gasteiger partial charge on any atom is -0.330 e. The molecule has 0 aromatic carbocycles. The van der Waals surface area contributed by atoms with Crippen LogP contribution in [0.15, 0.2) is 0 Å². The second kappa shape index (κ2) is 5.73. The van der Waals surface area contributed by atoms with Gasteiger partial charge < -0.3 is 5.73 Å². The lowest BCUT2D eigenvalue weighted by Crippen LogP contribution is -2.43. The fourth-order valence-corrected chi connectivity index (χ4v) is 1.55. The first-order valence-corrected chi connectivity index (χ1v) is 4.44. The highest BCUT2D eigenvalue weighted by Crippen LogP contribution is 2.26. The number of piperidine rings is 1. The van der Waals surface area contributed by atoms with Crippen LogP contribution in [-0.4, -0.2) is 37.0 Å². The molecule has 0 amide bonds. The number of likely N-dealkylation sites (tertiary alicyclic amines) is 1. The van der Waals surface area contributed by atoms with E-state index in [1.165, 1.54) is 0 Å². The van der Waals surface area contributed by atoms with Gasteiger partial charge >= 0.3 is 0 Å². The van der Waals surface area contributed by atoms with Gasteiger partial charge in [0.25, 0.3) is 5.92 Å². The Labute approximate surface area is 83.9 Å². The Balaban J connectivity index is 0.00000144. The molecule has 0 aromatic rings. The Morgan fingerprint density at radius 3 is 2.62 bits per heavy atom. The highest BCUT2D eigenvalue weighted by molar-refractivity contribution is 5.85. The summed E-state index contributed by atoms with van der Waals surface area (Å²) in [7, 11) is 0. The zero-order valence-corrected chi connectivity index (χ0v) is 8.45. The Morgan fingerprint density at radius 1 is 1.38 bits per heavy atom. The van der Waals surface area contributed by atoms with Crippen LogP contribution in [-0.2, 0) is 0 Å². The first kappa shape index (κ1) is 13.1. The Hall–Kier alpha value is 0.0700. The van der Waals surface area contributed by atoms with Crippen molar-refractivity contribution in [2.24, 2.45) is 5.73 Å². The highest BCUT2D eigenvalue weighted by atomic mass is 35.5. The zero-order valence-electron chi connectivity index (χ0n) is 7.64. The zero-order chi connectivity index (χ0) is 9.03. The van der Waals surface area contributed by atoms with Crippen LogP contribution in [0.4, 0.5) is 8.78 Å². The maximum absolute atomic E-state index is 12.8. The van der Waals surface area contributed by atoms with Crippen molar-refractivity contribution in [1.29, 1.82) is 0 Å². The van der Waals surface area contributed by atoms with Crippen LogP contribution >= 0.6 is 12.4 Å². The molecule has 0 saturated carbocycles. The average molecular weight is 215 g/mol. The number of rotatable bonds is 3. The molecule has 5 heteroatoms. The van der Waals surface area contributed by atoms with Crippen molar-refractivity contribution in [3.8, 4) is 0 Å². The van der Waals surface area contributed by atoms with Crippen LogP contribution in [0.1, 0.15) is 19.3 Å². The summed E-state index contributed by atoms with van der Waals surface area (Å²) < 4.78 is 25.6. The SMILES string of the molecule is Cl.NCCCN1CCCC(F)(F)C1. The molecule has 1 heterocycles. The van der Waals surface area contributed by atoms with Crippen LogP contribution in [0.25, 0.3) is 0 Å². The number of alkyl halides is 2. The van der Waals surface area contributed by atoms with Gasteiger partial charge in [0.05, 0.1) is 6.54 Å². The molecule has 0 aliphatic carbocycles. The normalized spacial score (nSPS) is 22.4. The van der Waals surface area contributed by atoms with Gasteiger partial charge in [0.15, 0.2) is 0 Å². The summed E-state index contributed by atoms with van der Waals surface area (Å²) in [6.07, 6.45) is 1.47. The summed E-state index contributed by atoms with van der Waals surface area (Å²) in [5.74, 6) is -2.47. The maximum Gasteiger partial charge on any atom is 0.260 e. The third-order valence-electron chi connectivity index (χ3n) is 2.15. The van der Waals surface area contributed by atoms with Gasteiger partial charge in [-0.3, -0.25) is 4.90 Å². The van der Waals surface area contributed by atoms with Crippen LogP contribution in [0.5, 0.6) is 0 Å². The van der Waals surface area contributed by atoms with E-state index < -0.39 is 5.92 Å². The first-order valence-electron chi connectivity index (χ1n) is 4.44. The summed E-state index contributed by atoms with van der Waals surface area (Å²) in [5, 5.41) is 0. The van der Waals surface area contributed by atoms with Gasteiger partial charge in [-0.05, 0) is 32.5 Å². The quantitative estimate of drug-likeness (QED) is 0.772. The van der Waals surface area contributed by atoms with Gasteiger partial charge in [0.1, 0.15) is 0 Å². The molecule has 1 aliphatic rings. The number of hydrogen-bond donors (Lipinski definition) is 1. The van der Waals surface area contributed by atoms with E-state index in [0.29, 0.717) is 19.5 Å². The second-order valence-corrected chi connectivity index (χ2v) is 3.38. The Bertz CT molecular complexity index is 144. The number of halogens is 3. The fourth-order valence-electron chi connectivity index (χ4n) is 1.55. The van der Waals surface area contributed by atoms with Crippen molar-refractivity contribution in [1.82, 2.24) is 4.90 Å². The van der Waals surface area contributed by atoms with Gasteiger partial charge in [-0.25, -0.2) is 8.78 Å². The molecule has 2 N–H and O–H groups in total. The molecule has 0 spiro atoms. The van der Waals surface area contributed by atoms with Crippen LogP contribution < -0.4 is 5.73 Å². The third kappa shape index (κ3) is 4.74. The molecule has 0 radical (unpaired) electrons. The molecule has 2 nitrogen and oxygen atoms in total. The number of nitrogens with zero attached hydrogens (tertiary/aromatic N) is 1. The maximum atomic E-state index is 12.8. The standard InChI is InChI=1S/C8H16F2N2.ClH/c9-8(10)3-1-5-12(7-8)6-2-4-11;/h1-7,11H2;1H. The molecule has 1 saturated heterocycles. The largest absolute Gasteiger partial charge is 0.330 e. The van der Waals surface area contributed by atoms with Crippen molar-refractivity contribution in [2.45, 2.75) is 25.2 Å². The van der Waals surface area contributed by atoms with Gasteiger partial charge in [-0.15, -0.1) is 12.4 Å². The van der Waals surface area contributed by atoms with Gasteiger partial charge in [0, 0.05) is 6.42 Å². The van der Waals surface area contributed by atoms with E-state index >= 15 is 0 Å². The minimum atomic E-state index is -2.47. The summed E-state index contributed by atoms with van der Waals surface area (Å²) in [5.41, 5.74) is 5.30. The topological polar surface area (TPSA) is 29.3 Å². The Morgan fingerprint density at radius 2 is 2.08 bits per heavy atom. The molecule has 0 aromatic heterocycles. The monoisotopic (exact) mass is 214 g/mol. The predicted octanol–water partition coefficient (Wildman–Crippen LogP) is 1.49. The van der Waals surface area contributed by atoms with Gasteiger partial charge in [0.2, 0.25) is 0 Å². The van der Waals surface area contributed by atoms with Gasteiger partial charge in [-0.2, -0.15) is 0 Å². The molecule has 13 heavy (non-hydrogen) atoms. The third-order valence-corrected chi connectivity index (χ3v) is 2.15. The van der Waals surface area contributed by atoms with E-state index in [1.807, 2.05) is 0 Å². The van der Waals surface area contributed by atoms with Crippen molar-refractivity contribution >= 4 is 12.4 Å². The van der Waals surface area contributed by atoms with Gasteiger partial charge in [-0.1, -0.05) is 0 Å². The lowest BCUT2D eigenvalue weighted by atomic mass is 10.1. The lowest BCUT2D eigenvalue weighted by molar-refractivity contribution is -0.0638. The summed E-state index contributed by atoms with van der Waals surface area (Å²) in [4.78, 5) is 1.80. The molecule has 0 atom stereocenters. The van der Waals surface area contributed by atoms with Crippen LogP contribution in [0.3, 0.4) is 0 Å². The van der Waals surface area contributed by atoms with Crippen LogP contribution in [0.2, 0.25) is 0 Å². The molecule has 0 unspecified atom stereocenters. The Kier molecular flexibility index (Phi) is 5.76. The molecule has 0 bridgehead atoms. The molecule has 1 rings (SSSR count). The molecule has 80 valence electrons. The highest BCUT2D eigenvalue weighted by Gasteiger charge is 2.34. The minimum absolute atomic E-state index is 0. The van der Waals surface area contributed by atoms with E-state index in [-0.39, 0.29) is 25.4 Å². The molecule has 1 aliphatic heterocycles. The second-order valence-electron chi connectivity index (χ2n) is 3.38. The van der Waals surface area contributed by atoms with Crippen LogP contribution in [0, 0.1) is 0 Å². The number of hydrogen-bond acceptors (Lipinski definition) is 2. The first-order chi connectivity index (χ1) is 5.64. The predicted molar refractivity (Wildman–Crippen MR) is 51.5 cm³/mol. The summed E-state index contributed by atoms with van der Waals surface area (Å²) in [6, 6.07) is 0. The van der Waals surface area contributed by atoms with Crippen molar-refractivity contribution in [3.63, 3.8) is 0 Å². The van der Waals surface area contributed by atoms with Crippen molar-refractivity contribution < 1.29 is 8.78 Å². The van der Waals surface area contributed by atoms with E-state index in [4.69, 9.17) is 5.73 Å². The fraction of sp³-hybridized carbons (Fsp3) is 1.00. The number of nitrogens with two attached hydrogens (primary N) is 1. The summed E-state index contributed by atoms with van der Waals surface area (Å²) >= 11 is 0. The van der Waals surface area contributed by atoms with Crippen molar-refractivity contribution in [3.05, 3.63) is 0 Å². The van der Waals surface area contributed by atoms with E-state index in [2.05, 4.69) is 0 Å². The molecular weight excluding hydrogens is 198 g/mol. The molecular formula is C8H17ClF2N2. The molecule has 1 fully saturated rings. The average Bonchev–Trinajstić information content (AvgIpc) is 1.99.